The van der Waals surface area contributed by atoms with Crippen molar-refractivity contribution in [1.29, 1.82) is 0 Å². The van der Waals surface area contributed by atoms with Crippen molar-refractivity contribution in [2.24, 2.45) is 0 Å². The third-order valence-corrected chi connectivity index (χ3v) is 6.37. The lowest BCUT2D eigenvalue weighted by molar-refractivity contribution is -0.128. The number of rotatable bonds is 2. The summed E-state index contributed by atoms with van der Waals surface area (Å²) in [5.41, 5.74) is 0.481. The number of amides is 2. The molecule has 0 saturated carbocycles. The number of aromatic amines is 1. The molecule has 1 saturated heterocycles. The van der Waals surface area contributed by atoms with Gasteiger partial charge in [0.25, 0.3) is 5.91 Å². The molecule has 174 valence electrons. The Bertz CT molecular complexity index is 1010. The fraction of sp³-hybridized carbons (Fsp3) is 0.458. The minimum Gasteiger partial charge on any atom is -0.493 e. The highest BCUT2D eigenvalue weighted by atomic mass is 16.5. The molecule has 2 N–H and O–H groups in total. The number of fused-ring (bicyclic) bond motifs is 4. The molecule has 1 fully saturated rings. The molecule has 0 aliphatic carbocycles. The fourth-order valence-electron chi connectivity index (χ4n) is 4.62. The number of nitrogens with one attached hydrogen (secondary N) is 2. The number of hydrogen-bond acceptors (Lipinski definition) is 6. The molecule has 3 atom stereocenters. The highest BCUT2D eigenvalue weighted by Gasteiger charge is 2.37. The molecule has 3 aliphatic rings. The van der Waals surface area contributed by atoms with Gasteiger partial charge >= 0.3 is 0 Å². The molecular weight excluding hydrogens is 422 g/mol. The average Bonchev–Trinajstić information content (AvgIpc) is 3.35. The number of carbonyl (C=O) groups is 2. The van der Waals surface area contributed by atoms with Crippen LogP contribution in [0.5, 0.6) is 5.75 Å². The number of H-pyrrole nitrogens is 1. The van der Waals surface area contributed by atoms with Crippen LogP contribution in [0, 0.1) is 0 Å². The van der Waals surface area contributed by atoms with Gasteiger partial charge in [-0.2, -0.15) is 0 Å². The van der Waals surface area contributed by atoms with Crippen molar-refractivity contribution in [3.63, 3.8) is 0 Å². The zero-order valence-corrected chi connectivity index (χ0v) is 18.5. The van der Waals surface area contributed by atoms with Crippen LogP contribution < -0.4 is 10.1 Å². The summed E-state index contributed by atoms with van der Waals surface area (Å²) in [6.07, 6.45) is 8.96. The van der Waals surface area contributed by atoms with Gasteiger partial charge in [0.15, 0.2) is 0 Å². The number of ether oxygens (including phenoxy) is 2. The van der Waals surface area contributed by atoms with Crippen LogP contribution in [0.25, 0.3) is 0 Å². The molecule has 9 nitrogen and oxygen atoms in total. The largest absolute Gasteiger partial charge is 0.493 e. The van der Waals surface area contributed by atoms with Gasteiger partial charge < -0.3 is 24.7 Å². The summed E-state index contributed by atoms with van der Waals surface area (Å²) in [6, 6.07) is 6.64. The van der Waals surface area contributed by atoms with Crippen molar-refractivity contribution < 1.29 is 19.1 Å². The summed E-state index contributed by atoms with van der Waals surface area (Å²) in [7, 11) is 0. The second kappa shape index (κ2) is 9.76. The van der Waals surface area contributed by atoms with Crippen LogP contribution in [0.15, 0.2) is 48.8 Å². The Hall–Kier alpha value is -3.17. The van der Waals surface area contributed by atoms with Crippen molar-refractivity contribution in [2.75, 3.05) is 32.8 Å². The molecule has 1 aromatic heterocycles. The smallest absolute Gasteiger partial charge is 0.258 e. The first-order valence-electron chi connectivity index (χ1n) is 11.5. The van der Waals surface area contributed by atoms with Crippen molar-refractivity contribution in [3.05, 3.63) is 60.2 Å². The topological polar surface area (TPSA) is 99.8 Å². The first kappa shape index (κ1) is 21.7. The van der Waals surface area contributed by atoms with Gasteiger partial charge in [-0.15, -0.1) is 0 Å². The maximum Gasteiger partial charge on any atom is 0.258 e. The van der Waals surface area contributed by atoms with E-state index < -0.39 is 6.04 Å². The lowest BCUT2D eigenvalue weighted by Gasteiger charge is -2.40. The van der Waals surface area contributed by atoms with E-state index in [4.69, 9.17) is 9.47 Å². The number of benzene rings is 1. The third-order valence-electron chi connectivity index (χ3n) is 6.37. The molecule has 2 aromatic rings. The van der Waals surface area contributed by atoms with Crippen molar-refractivity contribution in [3.8, 4) is 5.75 Å². The van der Waals surface area contributed by atoms with Crippen LogP contribution in [0.4, 0.5) is 0 Å². The van der Waals surface area contributed by atoms with Crippen LogP contribution in [0.1, 0.15) is 29.0 Å². The number of carbonyl (C=O) groups excluding carboxylic acids is 2. The van der Waals surface area contributed by atoms with E-state index in [1.54, 1.807) is 23.4 Å². The lowest BCUT2D eigenvalue weighted by atomic mass is 10.1. The molecule has 5 rings (SSSR count). The van der Waals surface area contributed by atoms with Crippen LogP contribution in [-0.2, 0) is 16.1 Å². The van der Waals surface area contributed by atoms with Crippen LogP contribution >= 0.6 is 0 Å². The number of nitrogens with zero attached hydrogens (tertiary/aromatic N) is 3. The maximum absolute atomic E-state index is 13.6. The van der Waals surface area contributed by atoms with Crippen molar-refractivity contribution in [2.45, 2.75) is 37.6 Å². The van der Waals surface area contributed by atoms with E-state index in [1.165, 1.54) is 0 Å². The molecule has 0 radical (unpaired) electrons. The first-order valence-corrected chi connectivity index (χ1v) is 11.5. The number of piperazine rings is 1. The van der Waals surface area contributed by atoms with E-state index >= 15 is 0 Å². The van der Waals surface area contributed by atoms with Gasteiger partial charge in [-0.05, 0) is 18.6 Å². The zero-order valence-electron chi connectivity index (χ0n) is 18.5. The molecule has 4 heterocycles. The normalized spacial score (nSPS) is 26.5. The van der Waals surface area contributed by atoms with E-state index in [2.05, 4.69) is 26.3 Å². The number of para-hydroxylation sites is 1. The second-order valence-corrected chi connectivity index (χ2v) is 8.62. The zero-order chi connectivity index (χ0) is 22.6. The van der Waals surface area contributed by atoms with E-state index in [1.807, 2.05) is 24.3 Å². The minimum atomic E-state index is -0.624. The summed E-state index contributed by atoms with van der Waals surface area (Å²) in [5.74, 6) is 1.01. The predicted molar refractivity (Wildman–Crippen MR) is 121 cm³/mol. The summed E-state index contributed by atoms with van der Waals surface area (Å²) in [4.78, 5) is 38.1. The summed E-state index contributed by atoms with van der Waals surface area (Å²) in [5, 5.41) is 3.02. The van der Waals surface area contributed by atoms with Gasteiger partial charge in [0, 0.05) is 45.0 Å². The lowest BCUT2D eigenvalue weighted by Crippen LogP contribution is -2.61. The number of imidazole rings is 1. The maximum atomic E-state index is 13.6. The third kappa shape index (κ3) is 4.94. The summed E-state index contributed by atoms with van der Waals surface area (Å²) in [6.45, 7) is 2.94. The molecule has 3 aliphatic heterocycles. The van der Waals surface area contributed by atoms with Crippen LogP contribution in [-0.4, -0.2) is 82.6 Å². The predicted octanol–water partition coefficient (Wildman–Crippen LogP) is 1.35. The van der Waals surface area contributed by atoms with E-state index in [9.17, 15) is 9.59 Å². The quantitative estimate of drug-likeness (QED) is 0.669. The fourth-order valence-corrected chi connectivity index (χ4v) is 4.62. The Morgan fingerprint density at radius 1 is 1.18 bits per heavy atom. The van der Waals surface area contributed by atoms with E-state index in [0.29, 0.717) is 57.1 Å². The number of aromatic nitrogens is 2. The second-order valence-electron chi connectivity index (χ2n) is 8.62. The van der Waals surface area contributed by atoms with E-state index in [0.717, 1.165) is 12.2 Å². The van der Waals surface area contributed by atoms with Crippen molar-refractivity contribution in [1.82, 2.24) is 25.1 Å². The van der Waals surface area contributed by atoms with Gasteiger partial charge in [-0.3, -0.25) is 14.5 Å². The Labute approximate surface area is 192 Å². The summed E-state index contributed by atoms with van der Waals surface area (Å²) >= 11 is 0. The monoisotopic (exact) mass is 451 g/mol. The van der Waals surface area contributed by atoms with Gasteiger partial charge in [0.05, 0.1) is 30.9 Å². The Kier molecular flexibility index (Phi) is 6.41. The SMILES string of the molecule is O=C1NC[C@@H]2C=CC[C@@H](CCOc3ccccc3C(=O)N3CCN(Cc4ncc[nH]4)C[C@@H]13)O2. The standard InChI is InChI=1S/C24H29N5O4/c30-23-20-15-28(16-22-25-9-10-26-22)11-12-29(20)24(31)19-6-1-2-7-21(19)32-13-8-17-4-3-5-18(33-17)14-27-23/h1-3,5-7,9-10,17-18,20H,4,8,11-16H2,(H,25,26)(H,27,30)/t17-,18-,20-/m0/s1. The van der Waals surface area contributed by atoms with Gasteiger partial charge in [-0.1, -0.05) is 24.3 Å². The summed E-state index contributed by atoms with van der Waals surface area (Å²) < 4.78 is 12.1. The molecule has 0 spiro atoms. The highest BCUT2D eigenvalue weighted by Crippen LogP contribution is 2.24. The van der Waals surface area contributed by atoms with Crippen LogP contribution in [0.3, 0.4) is 0 Å². The molecule has 33 heavy (non-hydrogen) atoms. The first-order chi connectivity index (χ1) is 16.2. The molecule has 0 unspecified atom stereocenters. The highest BCUT2D eigenvalue weighted by molar-refractivity contribution is 6.00. The Balaban J connectivity index is 1.42. The molecule has 9 heteroatoms. The van der Waals surface area contributed by atoms with Gasteiger partial charge in [0.1, 0.15) is 17.6 Å². The molecule has 2 amide bonds. The molecular formula is C24H29N5O4. The average molecular weight is 452 g/mol. The van der Waals surface area contributed by atoms with Crippen molar-refractivity contribution >= 4 is 11.8 Å². The van der Waals surface area contributed by atoms with Crippen LogP contribution in [0.2, 0.25) is 0 Å². The van der Waals surface area contributed by atoms with E-state index in [-0.39, 0.29) is 24.0 Å². The molecule has 1 aromatic carbocycles. The Morgan fingerprint density at radius 2 is 2.09 bits per heavy atom. The Morgan fingerprint density at radius 3 is 2.97 bits per heavy atom. The van der Waals surface area contributed by atoms with Gasteiger partial charge in [0.2, 0.25) is 5.91 Å². The van der Waals surface area contributed by atoms with Gasteiger partial charge in [-0.25, -0.2) is 4.98 Å². The number of hydrogen-bond donors (Lipinski definition) is 2. The minimum absolute atomic E-state index is 0.0256. The molecule has 2 bridgehead atoms.